The van der Waals surface area contributed by atoms with Gasteiger partial charge in [-0.1, -0.05) is 19.3 Å². The molecule has 2 aliphatic carbocycles. The molecule has 19 heavy (non-hydrogen) atoms. The number of fused-ring (bicyclic) bond motifs is 1. The third kappa shape index (κ3) is 2.79. The lowest BCUT2D eigenvalue weighted by atomic mass is 9.82. The molecule has 3 fully saturated rings. The maximum Gasteiger partial charge on any atom is 0.225 e. The zero-order valence-electron chi connectivity index (χ0n) is 11.6. The Kier molecular flexibility index (Phi) is 3.81. The molecule has 0 unspecified atom stereocenters. The van der Waals surface area contributed by atoms with E-state index in [1.54, 1.807) is 0 Å². The van der Waals surface area contributed by atoms with Gasteiger partial charge in [-0.25, -0.2) is 0 Å². The van der Waals surface area contributed by atoms with Crippen LogP contribution in [0, 0.1) is 0 Å². The van der Waals surface area contributed by atoms with Gasteiger partial charge in [-0.2, -0.15) is 0 Å². The lowest BCUT2D eigenvalue weighted by molar-refractivity contribution is -0.150. The van der Waals surface area contributed by atoms with E-state index in [0.717, 1.165) is 44.9 Å². The number of carbonyl (C=O) groups is 1. The number of rotatable bonds is 2. The molecule has 3 aliphatic rings. The van der Waals surface area contributed by atoms with Crippen LogP contribution in [0.15, 0.2) is 0 Å². The minimum Gasteiger partial charge on any atom is -0.389 e. The Balaban J connectivity index is 1.62. The van der Waals surface area contributed by atoms with Crippen LogP contribution in [0.2, 0.25) is 0 Å². The first kappa shape index (κ1) is 13.4. The summed E-state index contributed by atoms with van der Waals surface area (Å²) in [5.74, 6) is 0.143. The van der Waals surface area contributed by atoms with Gasteiger partial charge in [0.2, 0.25) is 5.91 Å². The van der Waals surface area contributed by atoms with Gasteiger partial charge in [0.25, 0.3) is 0 Å². The third-order valence-electron chi connectivity index (χ3n) is 5.07. The Bertz CT molecular complexity index is 338. The Labute approximate surface area is 115 Å². The van der Waals surface area contributed by atoms with Crippen LogP contribution in [0.1, 0.15) is 57.8 Å². The predicted molar refractivity (Wildman–Crippen MR) is 71.7 cm³/mol. The zero-order valence-corrected chi connectivity index (χ0v) is 11.6. The SMILES string of the molecule is O=C(CC1(O)CCCCC1)N1CCO[C@H]2CCC[C@H]21. The summed E-state index contributed by atoms with van der Waals surface area (Å²) in [5, 5.41) is 10.5. The molecule has 1 saturated heterocycles. The Morgan fingerprint density at radius 1 is 1.21 bits per heavy atom. The highest BCUT2D eigenvalue weighted by Gasteiger charge is 2.41. The van der Waals surface area contributed by atoms with Gasteiger partial charge < -0.3 is 14.7 Å². The summed E-state index contributed by atoms with van der Waals surface area (Å²) in [6.45, 7) is 1.36. The molecule has 1 amide bonds. The van der Waals surface area contributed by atoms with Crippen LogP contribution < -0.4 is 0 Å². The fourth-order valence-corrected chi connectivity index (χ4v) is 4.01. The number of aliphatic hydroxyl groups is 1. The van der Waals surface area contributed by atoms with Gasteiger partial charge in [-0.15, -0.1) is 0 Å². The zero-order chi connectivity index (χ0) is 13.3. The predicted octanol–water partition coefficient (Wildman–Crippen LogP) is 1.85. The van der Waals surface area contributed by atoms with Crippen LogP contribution >= 0.6 is 0 Å². The van der Waals surface area contributed by atoms with E-state index in [0.29, 0.717) is 19.6 Å². The molecule has 2 saturated carbocycles. The van der Waals surface area contributed by atoms with E-state index >= 15 is 0 Å². The summed E-state index contributed by atoms with van der Waals surface area (Å²) in [5.41, 5.74) is -0.734. The number of nitrogens with zero attached hydrogens (tertiary/aromatic N) is 1. The highest BCUT2D eigenvalue weighted by molar-refractivity contribution is 5.78. The van der Waals surface area contributed by atoms with Crippen LogP contribution in [0.5, 0.6) is 0 Å². The number of hydrogen-bond donors (Lipinski definition) is 1. The molecule has 0 aromatic carbocycles. The molecule has 108 valence electrons. The molecule has 1 heterocycles. The quantitative estimate of drug-likeness (QED) is 0.830. The van der Waals surface area contributed by atoms with Crippen molar-refractivity contribution in [2.75, 3.05) is 13.2 Å². The monoisotopic (exact) mass is 267 g/mol. The molecule has 0 radical (unpaired) electrons. The maximum absolute atomic E-state index is 12.5. The van der Waals surface area contributed by atoms with Gasteiger partial charge in [-0.05, 0) is 32.1 Å². The number of morpholine rings is 1. The van der Waals surface area contributed by atoms with E-state index in [1.807, 2.05) is 4.90 Å². The molecule has 4 nitrogen and oxygen atoms in total. The van der Waals surface area contributed by atoms with Gasteiger partial charge in [0.1, 0.15) is 0 Å². The standard InChI is InChI=1S/C15H25NO3/c17-14(11-15(18)7-2-1-3-8-15)16-9-10-19-13-6-4-5-12(13)16/h12-13,18H,1-11H2/t12-,13+/m1/s1. The van der Waals surface area contributed by atoms with Crippen LogP contribution in [-0.2, 0) is 9.53 Å². The van der Waals surface area contributed by atoms with Gasteiger partial charge in [0, 0.05) is 6.54 Å². The van der Waals surface area contributed by atoms with E-state index in [4.69, 9.17) is 4.74 Å². The summed E-state index contributed by atoms with van der Waals surface area (Å²) in [6.07, 6.45) is 8.75. The van der Waals surface area contributed by atoms with Crippen molar-refractivity contribution < 1.29 is 14.6 Å². The molecule has 0 aromatic rings. The summed E-state index contributed by atoms with van der Waals surface area (Å²) >= 11 is 0. The van der Waals surface area contributed by atoms with Crippen molar-refractivity contribution in [2.45, 2.75) is 75.5 Å². The molecule has 0 spiro atoms. The molecule has 1 N–H and O–H groups in total. The molecule has 2 atom stereocenters. The van der Waals surface area contributed by atoms with Gasteiger partial charge in [0.05, 0.1) is 30.8 Å². The molecule has 0 bridgehead atoms. The van der Waals surface area contributed by atoms with E-state index in [9.17, 15) is 9.90 Å². The van der Waals surface area contributed by atoms with Crippen molar-refractivity contribution in [2.24, 2.45) is 0 Å². The van der Waals surface area contributed by atoms with Gasteiger partial charge in [0.15, 0.2) is 0 Å². The van der Waals surface area contributed by atoms with Crippen LogP contribution in [0.4, 0.5) is 0 Å². The number of hydrogen-bond acceptors (Lipinski definition) is 3. The first-order valence-corrected chi connectivity index (χ1v) is 7.81. The fourth-order valence-electron chi connectivity index (χ4n) is 4.01. The average molecular weight is 267 g/mol. The Hall–Kier alpha value is -0.610. The van der Waals surface area contributed by atoms with Crippen LogP contribution in [0.25, 0.3) is 0 Å². The second-order valence-corrected chi connectivity index (χ2v) is 6.46. The van der Waals surface area contributed by atoms with Gasteiger partial charge in [-0.3, -0.25) is 4.79 Å². The normalized spacial score (nSPS) is 34.1. The lowest BCUT2D eigenvalue weighted by Gasteiger charge is -2.40. The smallest absolute Gasteiger partial charge is 0.225 e. The largest absolute Gasteiger partial charge is 0.389 e. The average Bonchev–Trinajstić information content (AvgIpc) is 2.86. The third-order valence-corrected chi connectivity index (χ3v) is 5.07. The Morgan fingerprint density at radius 3 is 2.79 bits per heavy atom. The second-order valence-electron chi connectivity index (χ2n) is 6.46. The summed E-state index contributed by atoms with van der Waals surface area (Å²) in [6, 6.07) is 0.272. The van der Waals surface area contributed by atoms with E-state index < -0.39 is 5.60 Å². The van der Waals surface area contributed by atoms with Crippen LogP contribution in [-0.4, -0.2) is 46.8 Å². The van der Waals surface area contributed by atoms with Crippen molar-refractivity contribution in [3.8, 4) is 0 Å². The minimum atomic E-state index is -0.734. The molecule has 4 heteroatoms. The number of amides is 1. The van der Waals surface area contributed by atoms with Crippen molar-refractivity contribution in [1.29, 1.82) is 0 Å². The van der Waals surface area contributed by atoms with E-state index in [-0.39, 0.29) is 18.1 Å². The molecule has 3 rings (SSSR count). The fraction of sp³-hybridized carbons (Fsp3) is 0.933. The number of carbonyl (C=O) groups excluding carboxylic acids is 1. The molecular weight excluding hydrogens is 242 g/mol. The van der Waals surface area contributed by atoms with Gasteiger partial charge >= 0.3 is 0 Å². The molecule has 1 aliphatic heterocycles. The van der Waals surface area contributed by atoms with E-state index in [2.05, 4.69) is 0 Å². The first-order valence-electron chi connectivity index (χ1n) is 7.81. The summed E-state index contributed by atoms with van der Waals surface area (Å²) < 4.78 is 5.74. The van der Waals surface area contributed by atoms with Crippen LogP contribution in [0.3, 0.4) is 0 Å². The molecule has 0 aromatic heterocycles. The van der Waals surface area contributed by atoms with Crippen molar-refractivity contribution in [1.82, 2.24) is 4.90 Å². The highest BCUT2D eigenvalue weighted by Crippen LogP contribution is 2.34. The summed E-state index contributed by atoms with van der Waals surface area (Å²) in [7, 11) is 0. The molecular formula is C15H25NO3. The number of ether oxygens (including phenoxy) is 1. The topological polar surface area (TPSA) is 49.8 Å². The Morgan fingerprint density at radius 2 is 2.00 bits per heavy atom. The first-order chi connectivity index (χ1) is 9.18. The van der Waals surface area contributed by atoms with Crippen molar-refractivity contribution in [3.05, 3.63) is 0 Å². The highest BCUT2D eigenvalue weighted by atomic mass is 16.5. The lowest BCUT2D eigenvalue weighted by Crippen LogP contribution is -2.53. The van der Waals surface area contributed by atoms with Crippen molar-refractivity contribution in [3.63, 3.8) is 0 Å². The summed E-state index contributed by atoms with van der Waals surface area (Å²) in [4.78, 5) is 14.5. The van der Waals surface area contributed by atoms with E-state index in [1.165, 1.54) is 6.42 Å². The second kappa shape index (κ2) is 5.41. The minimum absolute atomic E-state index is 0.143. The van der Waals surface area contributed by atoms with Crippen molar-refractivity contribution >= 4 is 5.91 Å². The maximum atomic E-state index is 12.5.